The van der Waals surface area contributed by atoms with E-state index in [0.29, 0.717) is 37.7 Å². The van der Waals surface area contributed by atoms with Gasteiger partial charge in [-0.1, -0.05) is 42.5 Å². The zero-order chi connectivity index (χ0) is 32.0. The van der Waals surface area contributed by atoms with Crippen LogP contribution in [0, 0.1) is 5.92 Å². The van der Waals surface area contributed by atoms with Gasteiger partial charge >= 0.3 is 0 Å². The smallest absolute Gasteiger partial charge is 0.255 e. The van der Waals surface area contributed by atoms with Gasteiger partial charge < -0.3 is 28.6 Å². The molecule has 0 atom stereocenters. The van der Waals surface area contributed by atoms with Crippen LogP contribution >= 0.6 is 0 Å². The van der Waals surface area contributed by atoms with Gasteiger partial charge in [-0.3, -0.25) is 14.5 Å². The SMILES string of the molecule is COCCN(C)C(=O)c1cn(Cc2cncn2CC2CCN(C(=O)CN3CCN(C)CC3)CC2)cc1-c1cccc2ccccc12. The molecular weight excluding hydrogens is 578 g/mol. The molecule has 0 N–H and O–H groups in total. The van der Waals surface area contributed by atoms with Gasteiger partial charge in [-0.25, -0.2) is 4.98 Å². The number of imidazole rings is 1. The van der Waals surface area contributed by atoms with Crippen molar-refractivity contribution in [1.82, 2.24) is 33.7 Å². The maximum absolute atomic E-state index is 13.7. The molecule has 2 fully saturated rings. The molecule has 2 aliphatic heterocycles. The van der Waals surface area contributed by atoms with E-state index in [1.165, 1.54) is 0 Å². The number of hydrogen-bond donors (Lipinski definition) is 0. The molecule has 2 saturated heterocycles. The average molecular weight is 626 g/mol. The molecule has 4 aromatic rings. The number of carbonyl (C=O) groups is 2. The van der Waals surface area contributed by atoms with Crippen LogP contribution in [0.25, 0.3) is 21.9 Å². The van der Waals surface area contributed by atoms with E-state index < -0.39 is 0 Å². The van der Waals surface area contributed by atoms with Crippen LogP contribution in [-0.2, 0) is 22.6 Å². The molecule has 10 nitrogen and oxygen atoms in total. The predicted molar refractivity (Wildman–Crippen MR) is 181 cm³/mol. The summed E-state index contributed by atoms with van der Waals surface area (Å²) in [6.07, 6.45) is 9.91. The summed E-state index contributed by atoms with van der Waals surface area (Å²) < 4.78 is 9.60. The molecule has 0 bridgehead atoms. The lowest BCUT2D eigenvalue weighted by molar-refractivity contribution is -0.134. The number of piperazine rings is 1. The largest absolute Gasteiger partial charge is 0.383 e. The summed E-state index contributed by atoms with van der Waals surface area (Å²) >= 11 is 0. The van der Waals surface area contributed by atoms with Crippen molar-refractivity contribution in [1.29, 1.82) is 0 Å². The zero-order valence-corrected chi connectivity index (χ0v) is 27.5. The summed E-state index contributed by atoms with van der Waals surface area (Å²) in [6.45, 7) is 8.63. The fraction of sp³-hybridized carbons (Fsp3) is 0.472. The van der Waals surface area contributed by atoms with E-state index in [1.807, 2.05) is 37.9 Å². The van der Waals surface area contributed by atoms with Crippen LogP contribution < -0.4 is 0 Å². The predicted octanol–water partition coefficient (Wildman–Crippen LogP) is 3.76. The molecule has 0 spiro atoms. The van der Waals surface area contributed by atoms with E-state index in [2.05, 4.69) is 72.4 Å². The number of piperidine rings is 1. The number of likely N-dealkylation sites (N-methyl/N-ethyl adjacent to an activating group) is 2. The molecule has 46 heavy (non-hydrogen) atoms. The third-order valence-electron chi connectivity index (χ3n) is 9.69. The van der Waals surface area contributed by atoms with E-state index in [-0.39, 0.29) is 11.8 Å². The normalized spacial score (nSPS) is 16.7. The minimum atomic E-state index is -0.0267. The van der Waals surface area contributed by atoms with Crippen molar-refractivity contribution in [2.45, 2.75) is 25.9 Å². The highest BCUT2D eigenvalue weighted by Crippen LogP contribution is 2.33. The number of hydrogen-bond acceptors (Lipinski definition) is 6. The van der Waals surface area contributed by atoms with Crippen LogP contribution in [0.4, 0.5) is 0 Å². The monoisotopic (exact) mass is 625 g/mol. The first-order valence-corrected chi connectivity index (χ1v) is 16.5. The summed E-state index contributed by atoms with van der Waals surface area (Å²) in [5.74, 6) is 0.725. The van der Waals surface area contributed by atoms with Gasteiger partial charge in [-0.15, -0.1) is 0 Å². The molecule has 244 valence electrons. The van der Waals surface area contributed by atoms with Gasteiger partial charge in [0.2, 0.25) is 5.91 Å². The molecule has 2 aromatic heterocycles. The molecule has 0 unspecified atom stereocenters. The first-order valence-electron chi connectivity index (χ1n) is 16.5. The van der Waals surface area contributed by atoms with Crippen LogP contribution in [0.3, 0.4) is 0 Å². The third-order valence-corrected chi connectivity index (χ3v) is 9.69. The Morgan fingerprint density at radius 1 is 0.957 bits per heavy atom. The fourth-order valence-electron chi connectivity index (χ4n) is 6.75. The second kappa shape index (κ2) is 14.6. The Morgan fingerprint density at radius 2 is 1.72 bits per heavy atom. The minimum Gasteiger partial charge on any atom is -0.383 e. The molecule has 10 heteroatoms. The first-order chi connectivity index (χ1) is 22.4. The van der Waals surface area contributed by atoms with Crippen LogP contribution in [0.2, 0.25) is 0 Å². The van der Waals surface area contributed by atoms with Crippen molar-refractivity contribution in [2.75, 3.05) is 80.2 Å². The number of fused-ring (bicyclic) bond motifs is 1. The van der Waals surface area contributed by atoms with Crippen molar-refractivity contribution in [3.05, 3.63) is 78.6 Å². The van der Waals surface area contributed by atoms with Crippen molar-refractivity contribution in [3.63, 3.8) is 0 Å². The Balaban J connectivity index is 1.15. The van der Waals surface area contributed by atoms with Gasteiger partial charge in [0.1, 0.15) is 0 Å². The van der Waals surface area contributed by atoms with Gasteiger partial charge in [0.05, 0.1) is 37.3 Å². The number of rotatable bonds is 11. The number of methoxy groups -OCH3 is 1. The number of benzene rings is 2. The third kappa shape index (κ3) is 7.35. The second-order valence-corrected chi connectivity index (χ2v) is 12.9. The van der Waals surface area contributed by atoms with E-state index >= 15 is 0 Å². The van der Waals surface area contributed by atoms with Crippen LogP contribution in [0.15, 0.2) is 67.4 Å². The lowest BCUT2D eigenvalue weighted by Crippen LogP contribution is -2.50. The maximum atomic E-state index is 13.7. The molecular formula is C36H47N7O3. The van der Waals surface area contributed by atoms with Crippen LogP contribution in [0.1, 0.15) is 28.9 Å². The van der Waals surface area contributed by atoms with Crippen molar-refractivity contribution in [2.24, 2.45) is 5.92 Å². The summed E-state index contributed by atoms with van der Waals surface area (Å²) in [7, 11) is 5.62. The maximum Gasteiger partial charge on any atom is 0.255 e. The summed E-state index contributed by atoms with van der Waals surface area (Å²) in [5.41, 5.74) is 3.74. The number of nitrogens with zero attached hydrogens (tertiary/aromatic N) is 7. The highest BCUT2D eigenvalue weighted by molar-refractivity contribution is 6.06. The van der Waals surface area contributed by atoms with E-state index in [4.69, 9.17) is 4.74 Å². The highest BCUT2D eigenvalue weighted by Gasteiger charge is 2.26. The van der Waals surface area contributed by atoms with E-state index in [9.17, 15) is 9.59 Å². The van der Waals surface area contributed by atoms with Gasteiger partial charge in [-0.05, 0) is 42.1 Å². The Bertz CT molecular complexity index is 1620. The Morgan fingerprint density at radius 3 is 2.50 bits per heavy atom. The van der Waals surface area contributed by atoms with Crippen LogP contribution in [0.5, 0.6) is 0 Å². The number of likely N-dealkylation sites (tertiary alicyclic amines) is 1. The number of ether oxygens (including phenoxy) is 1. The summed E-state index contributed by atoms with van der Waals surface area (Å²) in [6, 6.07) is 14.6. The van der Waals surface area contributed by atoms with Crippen molar-refractivity contribution in [3.8, 4) is 11.1 Å². The summed E-state index contributed by atoms with van der Waals surface area (Å²) in [4.78, 5) is 39.6. The van der Waals surface area contributed by atoms with Gasteiger partial charge in [0.15, 0.2) is 0 Å². The summed E-state index contributed by atoms with van der Waals surface area (Å²) in [5, 5.41) is 2.26. The standard InChI is InChI=1S/C36H47N7O3/c1-38-15-17-40(18-16-38)26-35(44)42-13-11-28(12-14-42)22-43-27-37-21-30(43)23-41-24-33(34(25-41)36(45)39(2)19-20-46-3)32-10-6-8-29-7-4-5-9-31(29)32/h4-10,21,24-25,27-28H,11-20,22-23,26H2,1-3H3. The van der Waals surface area contributed by atoms with Gasteiger partial charge in [0, 0.05) is 90.7 Å². The Kier molecular flexibility index (Phi) is 10.2. The molecule has 0 aliphatic carbocycles. The number of carbonyl (C=O) groups excluding carboxylic acids is 2. The Labute approximate surface area is 272 Å². The molecule has 2 amide bonds. The Hall–Kier alpha value is -3.99. The lowest BCUT2D eigenvalue weighted by atomic mass is 9.96. The second-order valence-electron chi connectivity index (χ2n) is 12.9. The van der Waals surface area contributed by atoms with E-state index in [0.717, 1.165) is 86.2 Å². The fourth-order valence-corrected chi connectivity index (χ4v) is 6.75. The van der Waals surface area contributed by atoms with Crippen molar-refractivity contribution < 1.29 is 14.3 Å². The zero-order valence-electron chi connectivity index (χ0n) is 27.5. The van der Waals surface area contributed by atoms with E-state index in [1.54, 1.807) is 12.0 Å². The molecule has 4 heterocycles. The molecule has 0 radical (unpaired) electrons. The average Bonchev–Trinajstić information content (AvgIpc) is 3.71. The number of aromatic nitrogens is 3. The first kappa shape index (κ1) is 32.0. The van der Waals surface area contributed by atoms with Crippen molar-refractivity contribution >= 4 is 22.6 Å². The topological polar surface area (TPSA) is 79.1 Å². The quantitative estimate of drug-likeness (QED) is 0.253. The van der Waals surface area contributed by atoms with Gasteiger partial charge in [0.25, 0.3) is 5.91 Å². The van der Waals surface area contributed by atoms with Crippen LogP contribution in [-0.4, -0.2) is 126 Å². The molecule has 2 aliphatic rings. The highest BCUT2D eigenvalue weighted by atomic mass is 16.5. The number of amides is 2. The lowest BCUT2D eigenvalue weighted by Gasteiger charge is -2.36. The van der Waals surface area contributed by atoms with Gasteiger partial charge in [-0.2, -0.15) is 0 Å². The molecule has 2 aromatic carbocycles. The molecule has 0 saturated carbocycles. The minimum absolute atomic E-state index is 0.0267. The molecule has 6 rings (SSSR count).